The number of halogens is 3. The Morgan fingerprint density at radius 2 is 1.65 bits per heavy atom. The molecule has 0 aliphatic heterocycles. The molecule has 1 aromatic carbocycles. The molecule has 23 heavy (non-hydrogen) atoms. The van der Waals surface area contributed by atoms with Crippen LogP contribution in [0.2, 0.25) is 0 Å². The summed E-state index contributed by atoms with van der Waals surface area (Å²) in [7, 11) is -1.73. The third kappa shape index (κ3) is 3.42. The molecule has 0 nitrogen and oxygen atoms in total. The lowest BCUT2D eigenvalue weighted by atomic mass is 9.98. The lowest BCUT2D eigenvalue weighted by Crippen LogP contribution is -2.02. The molecule has 1 atom stereocenters. The van der Waals surface area contributed by atoms with E-state index in [0.717, 1.165) is 49.5 Å². The average molecular weight is 341 g/mol. The Morgan fingerprint density at radius 1 is 1.00 bits per heavy atom. The molecule has 1 fully saturated rings. The number of thiophene rings is 1. The molecule has 1 saturated carbocycles. The second-order valence-electron chi connectivity index (χ2n) is 6.94. The van der Waals surface area contributed by atoms with Gasteiger partial charge in [-0.1, -0.05) is 45.6 Å². The number of hydrogen-bond acceptors (Lipinski definition) is 0. The highest BCUT2D eigenvalue weighted by molar-refractivity contribution is 7.38. The normalized spacial score (nSPS) is 18.6. The summed E-state index contributed by atoms with van der Waals surface area (Å²) in [5, 5.41) is 0.786. The van der Waals surface area contributed by atoms with Crippen LogP contribution in [0.4, 0.5) is 13.2 Å². The molecule has 0 spiro atoms. The van der Waals surface area contributed by atoms with Crippen molar-refractivity contribution in [1.82, 2.24) is 0 Å². The number of benzene rings is 1. The molecule has 0 radical (unpaired) electrons. The topological polar surface area (TPSA) is 0 Å². The molecule has 1 aliphatic carbocycles. The van der Waals surface area contributed by atoms with E-state index in [1.165, 1.54) is 0 Å². The molecule has 1 aliphatic rings. The first-order valence-electron chi connectivity index (χ1n) is 8.54. The Labute approximate surface area is 138 Å². The molecular weight excluding hydrogens is 317 g/mol. The van der Waals surface area contributed by atoms with Gasteiger partial charge in [0.05, 0.1) is 10.5 Å². The van der Waals surface area contributed by atoms with Crippen LogP contribution in [0, 0.1) is 0 Å². The van der Waals surface area contributed by atoms with Gasteiger partial charge in [0.2, 0.25) is 0 Å². The van der Waals surface area contributed by atoms with Crippen LogP contribution in [-0.2, 0) is 5.51 Å². The number of fused-ring (bicyclic) bond motifs is 1. The summed E-state index contributed by atoms with van der Waals surface area (Å²) in [5.74, 6) is 0.360. The number of rotatable bonds is 2. The first-order valence-corrected chi connectivity index (χ1v) is 9.77. The van der Waals surface area contributed by atoms with E-state index in [1.54, 1.807) is 6.07 Å². The fourth-order valence-corrected chi connectivity index (χ4v) is 5.85. The van der Waals surface area contributed by atoms with E-state index in [2.05, 4.69) is 0 Å². The van der Waals surface area contributed by atoms with Gasteiger partial charge >= 0.3 is 5.51 Å². The Kier molecular flexibility index (Phi) is 4.73. The largest absolute Gasteiger partial charge is 0.600 e. The van der Waals surface area contributed by atoms with Crippen LogP contribution in [-0.4, -0.2) is 0 Å². The van der Waals surface area contributed by atoms with Crippen molar-refractivity contribution in [1.29, 1.82) is 0 Å². The fourth-order valence-electron chi connectivity index (χ4n) is 3.65. The van der Waals surface area contributed by atoms with Crippen LogP contribution in [0.3, 0.4) is 0 Å². The van der Waals surface area contributed by atoms with Gasteiger partial charge in [-0.25, -0.2) is 0 Å². The molecule has 3 rings (SSSR count). The Balaban J connectivity index is 2.16. The molecule has 4 heteroatoms. The molecule has 1 unspecified atom stereocenters. The third-order valence-corrected chi connectivity index (χ3v) is 7.13. The van der Waals surface area contributed by atoms with E-state index in [4.69, 9.17) is 0 Å². The van der Waals surface area contributed by atoms with Gasteiger partial charge in [-0.15, -0.1) is 13.2 Å². The maximum Gasteiger partial charge on any atom is 0.600 e. The van der Waals surface area contributed by atoms with Crippen LogP contribution < -0.4 is 0 Å². The predicted molar refractivity (Wildman–Crippen MR) is 92.3 cm³/mol. The van der Waals surface area contributed by atoms with Gasteiger partial charge in [-0.05, 0) is 30.4 Å². The zero-order chi connectivity index (χ0) is 16.6. The minimum absolute atomic E-state index is 0.109. The van der Waals surface area contributed by atoms with E-state index in [1.807, 2.05) is 32.0 Å². The number of hydrogen-bond donors (Lipinski definition) is 0. The first-order chi connectivity index (χ1) is 10.9. The van der Waals surface area contributed by atoms with Gasteiger partial charge < -0.3 is 0 Å². The highest BCUT2D eigenvalue weighted by Gasteiger charge is 2.49. The van der Waals surface area contributed by atoms with Crippen molar-refractivity contribution in [2.75, 3.05) is 0 Å². The minimum atomic E-state index is -4.17. The Morgan fingerprint density at radius 3 is 2.22 bits per heavy atom. The van der Waals surface area contributed by atoms with Crippen LogP contribution in [0.5, 0.6) is 0 Å². The average Bonchev–Trinajstić information content (AvgIpc) is 2.66. The molecule has 0 bridgehead atoms. The third-order valence-electron chi connectivity index (χ3n) is 4.95. The van der Waals surface area contributed by atoms with Crippen LogP contribution in [0.1, 0.15) is 74.6 Å². The van der Waals surface area contributed by atoms with Crippen molar-refractivity contribution in [2.45, 2.75) is 69.7 Å². The second kappa shape index (κ2) is 6.46. The van der Waals surface area contributed by atoms with Gasteiger partial charge in [0, 0.05) is 23.4 Å². The fraction of sp³-hybridized carbons (Fsp3) is 0.579. The van der Waals surface area contributed by atoms with Crippen LogP contribution in [0.15, 0.2) is 24.3 Å². The molecule has 0 N–H and O–H groups in total. The Bertz CT molecular complexity index is 674. The van der Waals surface area contributed by atoms with Crippen molar-refractivity contribution in [2.24, 2.45) is 0 Å². The maximum atomic E-state index is 13.9. The molecule has 1 aromatic heterocycles. The van der Waals surface area contributed by atoms with Crippen molar-refractivity contribution >= 4 is 20.6 Å². The smallest absolute Gasteiger partial charge is 0.118 e. The quantitative estimate of drug-likeness (QED) is 0.389. The van der Waals surface area contributed by atoms with Crippen molar-refractivity contribution in [3.63, 3.8) is 0 Å². The summed E-state index contributed by atoms with van der Waals surface area (Å²) in [6.45, 7) is 4.06. The number of alkyl halides is 3. The second-order valence-corrected chi connectivity index (χ2v) is 8.93. The van der Waals surface area contributed by atoms with E-state index in [-0.39, 0.29) is 11.8 Å². The summed E-state index contributed by atoms with van der Waals surface area (Å²) >= 11 is 0. The molecule has 2 aromatic rings. The first kappa shape index (κ1) is 16.8. The lowest BCUT2D eigenvalue weighted by Gasteiger charge is -2.10. The lowest BCUT2D eigenvalue weighted by molar-refractivity contribution is -0.0868. The minimum Gasteiger partial charge on any atom is -0.118 e. The standard InChI is InChI=1S/C19H24F3S/c1-13(2)15-9-10-16-12-17(14-7-5-3-4-6-8-14)23(18(16)11-15)19(20,21)22/h9-14H,3-8H2,1-2H3/q+1. The summed E-state index contributed by atoms with van der Waals surface area (Å²) in [5.41, 5.74) is -3.17. The van der Waals surface area contributed by atoms with E-state index >= 15 is 0 Å². The van der Waals surface area contributed by atoms with Gasteiger partial charge in [0.15, 0.2) is 9.58 Å². The molecule has 0 amide bonds. The van der Waals surface area contributed by atoms with Crippen molar-refractivity contribution in [3.8, 4) is 0 Å². The zero-order valence-electron chi connectivity index (χ0n) is 13.7. The summed E-state index contributed by atoms with van der Waals surface area (Å²) in [6, 6.07) is 7.52. The molecular formula is C19H24F3S+. The highest BCUT2D eigenvalue weighted by atomic mass is 32.2. The predicted octanol–water partition coefficient (Wildman–Crippen LogP) is 7.63. The molecule has 0 saturated heterocycles. The molecule has 1 heterocycles. The van der Waals surface area contributed by atoms with Crippen LogP contribution >= 0.6 is 10.5 Å². The Hall–Kier alpha value is -1.03. The SMILES string of the molecule is CC(C)c1ccc2cc(C3CCCCCC3)[s+](C(F)(F)F)c2c1. The summed E-state index contributed by atoms with van der Waals surface area (Å²) in [6.07, 6.45) is 6.27. The van der Waals surface area contributed by atoms with Gasteiger partial charge in [-0.2, -0.15) is 0 Å². The van der Waals surface area contributed by atoms with Gasteiger partial charge in [0.25, 0.3) is 0 Å². The van der Waals surface area contributed by atoms with Gasteiger partial charge in [-0.3, -0.25) is 0 Å². The molecule has 126 valence electrons. The maximum absolute atomic E-state index is 13.9. The summed E-state index contributed by atoms with van der Waals surface area (Å²) < 4.78 is 42.1. The van der Waals surface area contributed by atoms with Crippen molar-refractivity contribution in [3.05, 3.63) is 34.7 Å². The summed E-state index contributed by atoms with van der Waals surface area (Å²) in [4.78, 5) is 0.648. The monoisotopic (exact) mass is 341 g/mol. The van der Waals surface area contributed by atoms with Crippen molar-refractivity contribution < 1.29 is 13.2 Å². The van der Waals surface area contributed by atoms with E-state index in [9.17, 15) is 13.2 Å². The van der Waals surface area contributed by atoms with E-state index in [0.29, 0.717) is 9.58 Å². The van der Waals surface area contributed by atoms with Crippen LogP contribution in [0.25, 0.3) is 10.1 Å². The highest BCUT2D eigenvalue weighted by Crippen LogP contribution is 2.55. The zero-order valence-corrected chi connectivity index (χ0v) is 14.6. The van der Waals surface area contributed by atoms with Gasteiger partial charge in [0.1, 0.15) is 0 Å². The van der Waals surface area contributed by atoms with E-state index < -0.39 is 16.0 Å².